The summed E-state index contributed by atoms with van der Waals surface area (Å²) in [5.41, 5.74) is 1.65. The molecule has 1 amide bonds. The number of hydrogen-bond acceptors (Lipinski definition) is 6. The SMILES string of the molecule is CC(Sc1nnc(Cc2cccs2)n1C1CCCCC1)C(=O)Nc1cccc2ncccc12. The largest absolute Gasteiger partial charge is 0.324 e. The number of aromatic nitrogens is 4. The molecular formula is C25H27N5OS2. The molecule has 5 rings (SSSR count). The van der Waals surface area contributed by atoms with Gasteiger partial charge in [0.1, 0.15) is 5.82 Å². The lowest BCUT2D eigenvalue weighted by molar-refractivity contribution is -0.115. The molecule has 33 heavy (non-hydrogen) atoms. The van der Waals surface area contributed by atoms with Crippen molar-refractivity contribution in [1.82, 2.24) is 19.7 Å². The lowest BCUT2D eigenvalue weighted by atomic mass is 9.95. The third kappa shape index (κ3) is 4.96. The van der Waals surface area contributed by atoms with Crippen molar-refractivity contribution in [3.63, 3.8) is 0 Å². The third-order valence-corrected chi connectivity index (χ3v) is 8.08. The summed E-state index contributed by atoms with van der Waals surface area (Å²) < 4.78 is 2.31. The molecule has 170 valence electrons. The molecule has 1 aliphatic carbocycles. The second-order valence-corrected chi connectivity index (χ2v) is 10.8. The van der Waals surface area contributed by atoms with Gasteiger partial charge in [0.05, 0.1) is 16.5 Å². The van der Waals surface area contributed by atoms with Gasteiger partial charge in [0, 0.05) is 28.9 Å². The standard InChI is InChI=1S/C25H27N5OS2/c1-17(24(31)27-22-13-5-12-21-20(22)11-6-14-26-21)33-25-29-28-23(16-19-10-7-15-32-19)30(25)18-8-3-2-4-9-18/h5-7,10-15,17-18H,2-4,8-9,16H2,1H3,(H,27,31). The van der Waals surface area contributed by atoms with Crippen molar-refractivity contribution < 1.29 is 4.79 Å². The molecule has 0 radical (unpaired) electrons. The van der Waals surface area contributed by atoms with Gasteiger partial charge >= 0.3 is 0 Å². The topological polar surface area (TPSA) is 72.7 Å². The Balaban J connectivity index is 1.36. The van der Waals surface area contributed by atoms with E-state index in [4.69, 9.17) is 0 Å². The minimum absolute atomic E-state index is 0.0469. The molecule has 6 nitrogen and oxygen atoms in total. The summed E-state index contributed by atoms with van der Waals surface area (Å²) in [4.78, 5) is 18.8. The summed E-state index contributed by atoms with van der Waals surface area (Å²) in [6.45, 7) is 1.93. The molecule has 1 atom stereocenters. The first-order chi connectivity index (χ1) is 16.2. The number of rotatable bonds is 7. The number of nitrogens with one attached hydrogen (secondary N) is 1. The Morgan fingerprint density at radius 3 is 2.85 bits per heavy atom. The Kier molecular flexibility index (Phi) is 6.73. The van der Waals surface area contributed by atoms with Crippen LogP contribution in [0.3, 0.4) is 0 Å². The monoisotopic (exact) mass is 477 g/mol. The van der Waals surface area contributed by atoms with Crippen LogP contribution in [0.5, 0.6) is 0 Å². The minimum Gasteiger partial charge on any atom is -0.324 e. The molecule has 8 heteroatoms. The maximum Gasteiger partial charge on any atom is 0.237 e. The number of pyridine rings is 1. The molecular weight excluding hydrogens is 450 g/mol. The van der Waals surface area contributed by atoms with Crippen LogP contribution in [-0.2, 0) is 11.2 Å². The molecule has 1 fully saturated rings. The van der Waals surface area contributed by atoms with Crippen molar-refractivity contribution >= 4 is 45.6 Å². The molecule has 3 heterocycles. The molecule has 1 saturated carbocycles. The summed E-state index contributed by atoms with van der Waals surface area (Å²) in [7, 11) is 0. The van der Waals surface area contributed by atoms with Gasteiger partial charge in [-0.2, -0.15) is 0 Å². The molecule has 0 saturated heterocycles. The molecule has 1 aliphatic rings. The van der Waals surface area contributed by atoms with Gasteiger partial charge in [-0.05, 0) is 55.5 Å². The Morgan fingerprint density at radius 1 is 1.15 bits per heavy atom. The molecule has 0 aliphatic heterocycles. The van der Waals surface area contributed by atoms with E-state index in [1.165, 1.54) is 35.9 Å². The molecule has 1 aromatic carbocycles. The van der Waals surface area contributed by atoms with Crippen molar-refractivity contribution in [3.8, 4) is 0 Å². The molecule has 1 unspecified atom stereocenters. The van der Waals surface area contributed by atoms with Crippen LogP contribution in [-0.4, -0.2) is 30.9 Å². The van der Waals surface area contributed by atoms with E-state index < -0.39 is 0 Å². The summed E-state index contributed by atoms with van der Waals surface area (Å²) in [5.74, 6) is 0.953. The van der Waals surface area contributed by atoms with E-state index in [-0.39, 0.29) is 11.2 Å². The van der Waals surface area contributed by atoms with Gasteiger partial charge in [-0.25, -0.2) is 0 Å². The lowest BCUT2D eigenvalue weighted by Crippen LogP contribution is -2.24. The summed E-state index contributed by atoms with van der Waals surface area (Å²) in [5, 5.41) is 15.8. The smallest absolute Gasteiger partial charge is 0.237 e. The van der Waals surface area contributed by atoms with Crippen LogP contribution in [0.4, 0.5) is 5.69 Å². The van der Waals surface area contributed by atoms with Gasteiger partial charge in [0.2, 0.25) is 5.91 Å². The average molecular weight is 478 g/mol. The fourth-order valence-corrected chi connectivity index (χ4v) is 6.08. The zero-order chi connectivity index (χ0) is 22.6. The second kappa shape index (κ2) is 10.1. The quantitative estimate of drug-likeness (QED) is 0.326. The lowest BCUT2D eigenvalue weighted by Gasteiger charge is -2.26. The van der Waals surface area contributed by atoms with Crippen LogP contribution in [0.15, 0.2) is 59.2 Å². The number of anilines is 1. The van der Waals surface area contributed by atoms with Crippen molar-refractivity contribution in [2.75, 3.05) is 5.32 Å². The van der Waals surface area contributed by atoms with Crippen LogP contribution in [0.2, 0.25) is 0 Å². The highest BCUT2D eigenvalue weighted by Crippen LogP contribution is 2.35. The third-order valence-electron chi connectivity index (χ3n) is 6.14. The van der Waals surface area contributed by atoms with Gasteiger partial charge in [0.25, 0.3) is 0 Å². The highest BCUT2D eigenvalue weighted by molar-refractivity contribution is 8.00. The minimum atomic E-state index is -0.307. The van der Waals surface area contributed by atoms with Gasteiger partial charge in [-0.3, -0.25) is 9.78 Å². The van der Waals surface area contributed by atoms with Crippen molar-refractivity contribution in [3.05, 3.63) is 64.7 Å². The first-order valence-electron chi connectivity index (χ1n) is 11.5. The summed E-state index contributed by atoms with van der Waals surface area (Å²) >= 11 is 3.24. The predicted octanol–water partition coefficient (Wildman–Crippen LogP) is 6.10. The number of amides is 1. The first-order valence-corrected chi connectivity index (χ1v) is 13.2. The number of thioether (sulfide) groups is 1. The number of carbonyl (C=O) groups excluding carboxylic acids is 1. The number of carbonyl (C=O) groups is 1. The molecule has 0 spiro atoms. The van der Waals surface area contributed by atoms with Gasteiger partial charge in [-0.1, -0.05) is 43.2 Å². The predicted molar refractivity (Wildman–Crippen MR) is 135 cm³/mol. The number of thiophene rings is 1. The van der Waals surface area contributed by atoms with Crippen molar-refractivity contribution in [1.29, 1.82) is 0 Å². The molecule has 3 aromatic heterocycles. The zero-order valence-electron chi connectivity index (χ0n) is 18.6. The number of fused-ring (bicyclic) bond motifs is 1. The van der Waals surface area contributed by atoms with Gasteiger partial charge < -0.3 is 9.88 Å². The van der Waals surface area contributed by atoms with E-state index >= 15 is 0 Å². The number of benzene rings is 1. The molecule has 1 N–H and O–H groups in total. The zero-order valence-corrected chi connectivity index (χ0v) is 20.2. The summed E-state index contributed by atoms with van der Waals surface area (Å²) in [6.07, 6.45) is 8.59. The van der Waals surface area contributed by atoms with Crippen molar-refractivity contribution in [2.45, 2.75) is 61.9 Å². The molecule has 4 aromatic rings. The van der Waals surface area contributed by atoms with Crippen molar-refractivity contribution in [2.24, 2.45) is 0 Å². The normalized spacial score (nSPS) is 15.5. The number of nitrogens with zero attached hydrogens (tertiary/aromatic N) is 4. The highest BCUT2D eigenvalue weighted by atomic mass is 32.2. The van der Waals surface area contributed by atoms with E-state index in [9.17, 15) is 4.79 Å². The maximum absolute atomic E-state index is 13.1. The van der Waals surface area contributed by atoms with Crippen LogP contribution in [0.1, 0.15) is 55.8 Å². The van der Waals surface area contributed by atoms with E-state index in [2.05, 4.69) is 42.6 Å². The van der Waals surface area contributed by atoms with Crippen LogP contribution in [0, 0.1) is 0 Å². The Hall–Kier alpha value is -2.71. The van der Waals surface area contributed by atoms with Crippen LogP contribution in [0.25, 0.3) is 10.9 Å². The van der Waals surface area contributed by atoms with E-state index in [1.807, 2.05) is 37.3 Å². The van der Waals surface area contributed by atoms with E-state index in [0.29, 0.717) is 6.04 Å². The van der Waals surface area contributed by atoms with Gasteiger partial charge in [-0.15, -0.1) is 21.5 Å². The summed E-state index contributed by atoms with van der Waals surface area (Å²) in [6, 6.07) is 14.3. The molecule has 0 bridgehead atoms. The van der Waals surface area contributed by atoms with E-state index in [1.54, 1.807) is 17.5 Å². The fourth-order valence-electron chi connectivity index (χ4n) is 4.44. The van der Waals surface area contributed by atoms with Gasteiger partial charge in [0.15, 0.2) is 5.16 Å². The highest BCUT2D eigenvalue weighted by Gasteiger charge is 2.26. The average Bonchev–Trinajstić information content (AvgIpc) is 3.50. The Labute approximate surface area is 201 Å². The fraction of sp³-hybridized carbons (Fsp3) is 0.360. The first kappa shape index (κ1) is 22.1. The second-order valence-electron chi connectivity index (χ2n) is 8.44. The van der Waals surface area contributed by atoms with Crippen LogP contribution >= 0.6 is 23.1 Å². The Bertz CT molecular complexity index is 1230. The number of hydrogen-bond donors (Lipinski definition) is 1. The maximum atomic E-state index is 13.1. The Morgan fingerprint density at radius 2 is 2.03 bits per heavy atom. The van der Waals surface area contributed by atoms with E-state index in [0.717, 1.165) is 46.8 Å². The van der Waals surface area contributed by atoms with Crippen LogP contribution < -0.4 is 5.32 Å².